The molecule has 0 fully saturated rings. The van der Waals surface area contributed by atoms with Crippen LogP contribution in [0.25, 0.3) is 0 Å². The summed E-state index contributed by atoms with van der Waals surface area (Å²) in [5.74, 6) is 0.349. The van der Waals surface area contributed by atoms with Crippen LogP contribution in [0.15, 0.2) is 71.7 Å². The van der Waals surface area contributed by atoms with Crippen molar-refractivity contribution < 1.29 is 22.6 Å². The smallest absolute Gasteiger partial charge is 0.322 e. The summed E-state index contributed by atoms with van der Waals surface area (Å²) in [6.07, 6.45) is 4.29. The first-order valence-corrected chi connectivity index (χ1v) is 13.2. The van der Waals surface area contributed by atoms with Crippen molar-refractivity contribution in [1.29, 1.82) is 0 Å². The molecule has 4 aromatic rings. The van der Waals surface area contributed by atoms with Gasteiger partial charge >= 0.3 is 16.2 Å². The average Bonchev–Trinajstić information content (AvgIpc) is 2.86. The summed E-state index contributed by atoms with van der Waals surface area (Å²) < 4.78 is 48.5. The van der Waals surface area contributed by atoms with E-state index in [0.717, 1.165) is 15.6 Å². The molecule has 2 heterocycles. The molecule has 192 valence electrons. The maximum absolute atomic E-state index is 12.8. The molecule has 0 amide bonds. The minimum absolute atomic E-state index is 0.0118. The molecule has 11 nitrogen and oxygen atoms in total. The first-order valence-electron chi connectivity index (χ1n) is 11.0. The number of nitrogens with one attached hydrogen (secondary N) is 2. The number of hydrogen-bond acceptors (Lipinski definition) is 9. The van der Waals surface area contributed by atoms with Gasteiger partial charge in [0, 0.05) is 12.4 Å². The quantitative estimate of drug-likeness (QED) is 0.240. The van der Waals surface area contributed by atoms with Gasteiger partial charge in [0.25, 0.3) is 5.88 Å². The number of rotatable bonds is 11. The molecule has 0 radical (unpaired) electrons. The van der Waals surface area contributed by atoms with E-state index in [9.17, 15) is 8.42 Å². The second-order valence-corrected chi connectivity index (χ2v) is 10.1. The average molecular weight is 587 g/mol. The molecule has 0 saturated carbocycles. The largest absolute Gasteiger partial charge is 0.471 e. The highest BCUT2D eigenvalue weighted by molar-refractivity contribution is 9.10. The van der Waals surface area contributed by atoms with Crippen LogP contribution < -0.4 is 23.7 Å². The van der Waals surface area contributed by atoms with Crippen molar-refractivity contribution in [3.63, 3.8) is 0 Å². The van der Waals surface area contributed by atoms with Gasteiger partial charge in [-0.3, -0.25) is 4.72 Å². The van der Waals surface area contributed by atoms with E-state index in [1.807, 2.05) is 26.0 Å². The van der Waals surface area contributed by atoms with Crippen molar-refractivity contribution in [2.24, 2.45) is 0 Å². The van der Waals surface area contributed by atoms with Crippen LogP contribution in [-0.4, -0.2) is 41.6 Å². The Bertz CT molecular complexity index is 1450. The molecule has 37 heavy (non-hydrogen) atoms. The van der Waals surface area contributed by atoms with Gasteiger partial charge in [0.2, 0.25) is 5.75 Å². The number of benzene rings is 2. The van der Waals surface area contributed by atoms with Gasteiger partial charge in [-0.1, -0.05) is 29.8 Å². The van der Waals surface area contributed by atoms with Gasteiger partial charge in [0.05, 0.1) is 10.2 Å². The minimum Gasteiger partial charge on any atom is -0.471 e. The molecule has 0 saturated heterocycles. The standard InChI is InChI=1S/C24H23BrN6O5S/c1-16-6-8-19(9-7-16)30-37(32,33)31-22-21(36-20-5-3-4-17(2)12-20)23(29-15-28-22)34-10-11-35-24-26-13-18(25)14-27-24/h3-9,12-15,30H,10-11H2,1-2H3,(H,28,29,31). The van der Waals surface area contributed by atoms with Gasteiger partial charge in [-0.15, -0.1) is 0 Å². The Morgan fingerprint density at radius 1 is 0.865 bits per heavy atom. The molecular weight excluding hydrogens is 564 g/mol. The third kappa shape index (κ3) is 7.75. The number of aryl methyl sites for hydroxylation is 2. The normalized spacial score (nSPS) is 11.0. The zero-order valence-corrected chi connectivity index (χ0v) is 22.3. The van der Waals surface area contributed by atoms with Gasteiger partial charge in [-0.2, -0.15) is 13.4 Å². The fourth-order valence-electron chi connectivity index (χ4n) is 3.00. The Labute approximate surface area is 222 Å². The maximum atomic E-state index is 12.8. The summed E-state index contributed by atoms with van der Waals surface area (Å²) >= 11 is 3.26. The first kappa shape index (κ1) is 26.1. The molecule has 0 atom stereocenters. The predicted molar refractivity (Wildman–Crippen MR) is 141 cm³/mol. The predicted octanol–water partition coefficient (Wildman–Crippen LogP) is 4.66. The monoisotopic (exact) mass is 586 g/mol. The van der Waals surface area contributed by atoms with E-state index in [4.69, 9.17) is 14.2 Å². The van der Waals surface area contributed by atoms with Crippen molar-refractivity contribution in [3.05, 3.63) is 82.9 Å². The Hall–Kier alpha value is -3.97. The van der Waals surface area contributed by atoms with Crippen LogP contribution in [0.4, 0.5) is 11.5 Å². The third-order valence-corrected chi connectivity index (χ3v) is 6.04. The van der Waals surface area contributed by atoms with Crippen molar-refractivity contribution in [2.45, 2.75) is 13.8 Å². The molecular formula is C24H23BrN6O5S. The highest BCUT2D eigenvalue weighted by Crippen LogP contribution is 2.36. The van der Waals surface area contributed by atoms with Crippen molar-refractivity contribution in [3.8, 4) is 23.4 Å². The van der Waals surface area contributed by atoms with Crippen LogP contribution in [0.3, 0.4) is 0 Å². The van der Waals surface area contributed by atoms with Crippen LogP contribution >= 0.6 is 15.9 Å². The van der Waals surface area contributed by atoms with E-state index in [1.165, 1.54) is 6.33 Å². The van der Waals surface area contributed by atoms with Crippen LogP contribution in [-0.2, 0) is 10.2 Å². The second kappa shape index (κ2) is 11.8. The molecule has 0 unspecified atom stereocenters. The molecule has 0 aliphatic carbocycles. The minimum atomic E-state index is -4.08. The fourth-order valence-corrected chi connectivity index (χ4v) is 4.10. The third-order valence-electron chi connectivity index (χ3n) is 4.67. The summed E-state index contributed by atoms with van der Waals surface area (Å²) in [4.78, 5) is 16.3. The lowest BCUT2D eigenvalue weighted by Gasteiger charge is -2.16. The zero-order valence-electron chi connectivity index (χ0n) is 19.9. The summed E-state index contributed by atoms with van der Waals surface area (Å²) in [6, 6.07) is 14.3. The summed E-state index contributed by atoms with van der Waals surface area (Å²) in [6.45, 7) is 3.97. The number of nitrogens with zero attached hydrogens (tertiary/aromatic N) is 4. The van der Waals surface area contributed by atoms with E-state index in [0.29, 0.717) is 11.4 Å². The van der Waals surface area contributed by atoms with Gasteiger partial charge < -0.3 is 14.2 Å². The highest BCUT2D eigenvalue weighted by Gasteiger charge is 2.21. The van der Waals surface area contributed by atoms with E-state index in [-0.39, 0.29) is 36.7 Å². The summed E-state index contributed by atoms with van der Waals surface area (Å²) in [5, 5.41) is 0. The molecule has 13 heteroatoms. The van der Waals surface area contributed by atoms with Crippen LogP contribution in [0.1, 0.15) is 11.1 Å². The molecule has 0 spiro atoms. The first-order chi connectivity index (χ1) is 17.8. The van der Waals surface area contributed by atoms with Crippen LogP contribution in [0.5, 0.6) is 23.4 Å². The lowest BCUT2D eigenvalue weighted by atomic mass is 10.2. The number of anilines is 2. The van der Waals surface area contributed by atoms with E-state index >= 15 is 0 Å². The summed E-state index contributed by atoms with van der Waals surface area (Å²) in [5.41, 5.74) is 2.33. The topological polar surface area (TPSA) is 137 Å². The lowest BCUT2D eigenvalue weighted by molar-refractivity contribution is 0.197. The molecule has 2 N–H and O–H groups in total. The van der Waals surface area contributed by atoms with Gasteiger partial charge in [0.15, 0.2) is 5.82 Å². The number of hydrogen-bond donors (Lipinski definition) is 2. The Balaban J connectivity index is 1.53. The van der Waals surface area contributed by atoms with E-state index in [1.54, 1.807) is 48.8 Å². The summed E-state index contributed by atoms with van der Waals surface area (Å²) in [7, 11) is -4.08. The molecule has 2 aromatic heterocycles. The number of ether oxygens (including phenoxy) is 3. The maximum Gasteiger partial charge on any atom is 0.322 e. The number of aromatic nitrogens is 4. The van der Waals surface area contributed by atoms with E-state index < -0.39 is 10.2 Å². The Morgan fingerprint density at radius 2 is 1.59 bits per heavy atom. The Kier molecular flexibility index (Phi) is 8.36. The SMILES string of the molecule is Cc1ccc(NS(=O)(=O)Nc2ncnc(OCCOc3ncc(Br)cn3)c2Oc2cccc(C)c2)cc1. The van der Waals surface area contributed by atoms with Crippen molar-refractivity contribution >= 4 is 37.6 Å². The highest BCUT2D eigenvalue weighted by atomic mass is 79.9. The molecule has 4 rings (SSSR count). The van der Waals surface area contributed by atoms with Gasteiger partial charge in [-0.25, -0.2) is 19.7 Å². The molecule has 0 bridgehead atoms. The van der Waals surface area contributed by atoms with Crippen molar-refractivity contribution in [2.75, 3.05) is 22.7 Å². The van der Waals surface area contributed by atoms with E-state index in [2.05, 4.69) is 45.3 Å². The number of halogens is 1. The van der Waals surface area contributed by atoms with Crippen molar-refractivity contribution in [1.82, 2.24) is 19.9 Å². The van der Waals surface area contributed by atoms with Crippen LogP contribution in [0, 0.1) is 13.8 Å². The Morgan fingerprint density at radius 3 is 2.32 bits per heavy atom. The lowest BCUT2D eigenvalue weighted by Crippen LogP contribution is -2.23. The fraction of sp³-hybridized carbons (Fsp3) is 0.167. The zero-order chi connectivity index (χ0) is 26.3. The van der Waals surface area contributed by atoms with Crippen LogP contribution in [0.2, 0.25) is 0 Å². The second-order valence-electron chi connectivity index (χ2n) is 7.73. The molecule has 0 aliphatic heterocycles. The molecule has 0 aliphatic rings. The van der Waals surface area contributed by atoms with Gasteiger partial charge in [-0.05, 0) is 59.6 Å². The molecule has 2 aromatic carbocycles. The van der Waals surface area contributed by atoms with Gasteiger partial charge in [0.1, 0.15) is 25.3 Å².